The molecule has 0 aliphatic heterocycles. The monoisotopic (exact) mass is 262 g/mol. The maximum absolute atomic E-state index is 8.87. The Morgan fingerprint density at radius 1 is 1.37 bits per heavy atom. The van der Waals surface area contributed by atoms with Gasteiger partial charge in [0.2, 0.25) is 0 Å². The van der Waals surface area contributed by atoms with Gasteiger partial charge in [-0.05, 0) is 44.2 Å². The lowest BCUT2D eigenvalue weighted by atomic mass is 9.88. The third-order valence-electron chi connectivity index (χ3n) is 3.83. The predicted octanol–water partition coefficient (Wildman–Crippen LogP) is 3.05. The number of rotatable bonds is 3. The van der Waals surface area contributed by atoms with Gasteiger partial charge in [-0.3, -0.25) is 0 Å². The minimum Gasteiger partial charge on any atom is -0.489 e. The molecule has 2 rings (SSSR count). The van der Waals surface area contributed by atoms with Crippen LogP contribution in [0.2, 0.25) is 0 Å². The van der Waals surface area contributed by atoms with E-state index in [0.717, 1.165) is 12.0 Å². The molecule has 1 aromatic carbocycles. The summed E-state index contributed by atoms with van der Waals surface area (Å²) in [7, 11) is 0. The number of hydrogen-bond donors (Lipinski definition) is 2. The molecule has 1 fully saturated rings. The molecule has 4 nitrogen and oxygen atoms in total. The van der Waals surface area contributed by atoms with Crippen LogP contribution in [0.15, 0.2) is 23.4 Å². The largest absolute Gasteiger partial charge is 0.489 e. The van der Waals surface area contributed by atoms with E-state index in [1.807, 2.05) is 25.1 Å². The highest BCUT2D eigenvalue weighted by molar-refractivity contribution is 5.99. The molecule has 0 aromatic heterocycles. The normalized spacial score (nSPS) is 24.2. The van der Waals surface area contributed by atoms with Crippen molar-refractivity contribution in [2.24, 2.45) is 16.8 Å². The molecule has 0 amide bonds. The summed E-state index contributed by atoms with van der Waals surface area (Å²) in [5.74, 6) is 1.36. The van der Waals surface area contributed by atoms with Crippen molar-refractivity contribution in [1.29, 1.82) is 0 Å². The first kappa shape index (κ1) is 13.7. The van der Waals surface area contributed by atoms with E-state index < -0.39 is 0 Å². The molecule has 0 radical (unpaired) electrons. The lowest BCUT2D eigenvalue weighted by molar-refractivity contribution is 0.102. The zero-order valence-corrected chi connectivity index (χ0v) is 11.6. The van der Waals surface area contributed by atoms with Crippen LogP contribution >= 0.6 is 0 Å². The van der Waals surface area contributed by atoms with Gasteiger partial charge in [-0.15, -0.1) is 0 Å². The fourth-order valence-corrected chi connectivity index (χ4v) is 2.62. The van der Waals surface area contributed by atoms with E-state index in [4.69, 9.17) is 15.7 Å². The van der Waals surface area contributed by atoms with E-state index in [2.05, 4.69) is 12.1 Å². The molecule has 1 aliphatic carbocycles. The van der Waals surface area contributed by atoms with E-state index in [-0.39, 0.29) is 11.9 Å². The second-order valence-electron chi connectivity index (χ2n) is 5.40. The van der Waals surface area contributed by atoms with Crippen LogP contribution in [0, 0.1) is 12.8 Å². The maximum atomic E-state index is 8.87. The van der Waals surface area contributed by atoms with Gasteiger partial charge in [0.05, 0.1) is 5.56 Å². The SMILES string of the molecule is Cc1ccc(OC2CCCCC2C)c(/C(N)=N/O)c1. The first-order valence-electron chi connectivity index (χ1n) is 6.87. The fraction of sp³-hybridized carbons (Fsp3) is 0.533. The van der Waals surface area contributed by atoms with Crippen LogP contribution in [0.1, 0.15) is 43.7 Å². The van der Waals surface area contributed by atoms with Gasteiger partial charge in [-0.2, -0.15) is 0 Å². The minimum atomic E-state index is 0.0992. The fourth-order valence-electron chi connectivity index (χ4n) is 2.62. The highest BCUT2D eigenvalue weighted by Crippen LogP contribution is 2.30. The van der Waals surface area contributed by atoms with E-state index >= 15 is 0 Å². The molecule has 1 aliphatic rings. The summed E-state index contributed by atoms with van der Waals surface area (Å²) >= 11 is 0. The highest BCUT2D eigenvalue weighted by atomic mass is 16.5. The predicted molar refractivity (Wildman–Crippen MR) is 75.7 cm³/mol. The molecule has 0 bridgehead atoms. The van der Waals surface area contributed by atoms with Crippen molar-refractivity contribution >= 4 is 5.84 Å². The van der Waals surface area contributed by atoms with Gasteiger partial charge < -0.3 is 15.7 Å². The van der Waals surface area contributed by atoms with Crippen molar-refractivity contribution in [2.45, 2.75) is 45.6 Å². The van der Waals surface area contributed by atoms with Crippen LogP contribution < -0.4 is 10.5 Å². The Hall–Kier alpha value is -1.71. The van der Waals surface area contributed by atoms with Crippen molar-refractivity contribution in [1.82, 2.24) is 0 Å². The number of ether oxygens (including phenoxy) is 1. The third kappa shape index (κ3) is 3.19. The summed E-state index contributed by atoms with van der Waals surface area (Å²) in [6.45, 7) is 4.20. The van der Waals surface area contributed by atoms with E-state index in [1.54, 1.807) is 0 Å². The maximum Gasteiger partial charge on any atom is 0.173 e. The Kier molecular flexibility index (Phi) is 4.30. The minimum absolute atomic E-state index is 0.0992. The number of aryl methyl sites for hydroxylation is 1. The Morgan fingerprint density at radius 3 is 2.79 bits per heavy atom. The van der Waals surface area contributed by atoms with Gasteiger partial charge >= 0.3 is 0 Å². The summed E-state index contributed by atoms with van der Waals surface area (Å²) in [6.07, 6.45) is 4.99. The van der Waals surface area contributed by atoms with Crippen molar-refractivity contribution in [2.75, 3.05) is 0 Å². The van der Waals surface area contributed by atoms with Crippen molar-refractivity contribution in [3.8, 4) is 5.75 Å². The zero-order chi connectivity index (χ0) is 13.8. The van der Waals surface area contributed by atoms with Crippen LogP contribution in [-0.4, -0.2) is 17.1 Å². The van der Waals surface area contributed by atoms with Gasteiger partial charge in [0.15, 0.2) is 5.84 Å². The lowest BCUT2D eigenvalue weighted by Crippen LogP contribution is -2.29. The van der Waals surface area contributed by atoms with Crippen molar-refractivity contribution in [3.05, 3.63) is 29.3 Å². The first-order chi connectivity index (χ1) is 9.11. The standard InChI is InChI=1S/C15H22N2O2/c1-10-7-8-14(12(9-10)15(16)17-18)19-13-6-4-3-5-11(13)2/h7-9,11,13,18H,3-6H2,1-2H3,(H2,16,17). The van der Waals surface area contributed by atoms with Crippen molar-refractivity contribution < 1.29 is 9.94 Å². The van der Waals surface area contributed by atoms with Gasteiger partial charge in [-0.1, -0.05) is 30.1 Å². The van der Waals surface area contributed by atoms with E-state index in [0.29, 0.717) is 17.2 Å². The van der Waals surface area contributed by atoms with Crippen molar-refractivity contribution in [3.63, 3.8) is 0 Å². The molecule has 1 saturated carbocycles. The third-order valence-corrected chi connectivity index (χ3v) is 3.83. The van der Waals surface area contributed by atoms with Crippen LogP contribution in [0.25, 0.3) is 0 Å². The van der Waals surface area contributed by atoms with Gasteiger partial charge in [-0.25, -0.2) is 0 Å². The molecule has 2 unspecified atom stereocenters. The number of amidine groups is 1. The Bertz CT molecular complexity index is 471. The quantitative estimate of drug-likeness (QED) is 0.381. The topological polar surface area (TPSA) is 67.8 Å². The van der Waals surface area contributed by atoms with Gasteiger partial charge in [0.1, 0.15) is 11.9 Å². The average molecular weight is 262 g/mol. The smallest absolute Gasteiger partial charge is 0.173 e. The Morgan fingerprint density at radius 2 is 2.11 bits per heavy atom. The Labute approximate surface area is 114 Å². The second kappa shape index (κ2) is 5.95. The summed E-state index contributed by atoms with van der Waals surface area (Å²) in [5, 5.41) is 12.0. The van der Waals surface area contributed by atoms with Crippen LogP contribution in [0.5, 0.6) is 5.75 Å². The highest BCUT2D eigenvalue weighted by Gasteiger charge is 2.24. The number of hydrogen-bond acceptors (Lipinski definition) is 3. The number of benzene rings is 1. The molecule has 0 heterocycles. The molecule has 0 spiro atoms. The van der Waals surface area contributed by atoms with Crippen LogP contribution in [0.3, 0.4) is 0 Å². The lowest BCUT2D eigenvalue weighted by Gasteiger charge is -2.30. The molecular formula is C15H22N2O2. The van der Waals surface area contributed by atoms with Gasteiger partial charge in [0.25, 0.3) is 0 Å². The van der Waals surface area contributed by atoms with Gasteiger partial charge in [0, 0.05) is 0 Å². The molecule has 3 N–H and O–H groups in total. The second-order valence-corrected chi connectivity index (χ2v) is 5.40. The molecule has 0 saturated heterocycles. The molecule has 2 atom stereocenters. The summed E-state index contributed by atoms with van der Waals surface area (Å²) in [6, 6.07) is 5.78. The Balaban J connectivity index is 2.24. The number of nitrogens with two attached hydrogens (primary N) is 1. The van der Waals surface area contributed by atoms with E-state index in [9.17, 15) is 0 Å². The average Bonchev–Trinajstić information content (AvgIpc) is 2.42. The molecular weight excluding hydrogens is 240 g/mol. The summed E-state index contributed by atoms with van der Waals surface area (Å²) in [4.78, 5) is 0. The molecule has 104 valence electrons. The zero-order valence-electron chi connectivity index (χ0n) is 11.6. The molecule has 19 heavy (non-hydrogen) atoms. The van der Waals surface area contributed by atoms with Crippen LogP contribution in [0.4, 0.5) is 0 Å². The molecule has 4 heteroatoms. The van der Waals surface area contributed by atoms with E-state index in [1.165, 1.54) is 19.3 Å². The summed E-state index contributed by atoms with van der Waals surface area (Å²) < 4.78 is 6.10. The number of nitrogens with zero attached hydrogens (tertiary/aromatic N) is 1. The molecule has 1 aromatic rings. The number of oxime groups is 1. The summed E-state index contributed by atoms with van der Waals surface area (Å²) in [5.41, 5.74) is 7.45. The van der Waals surface area contributed by atoms with Crippen LogP contribution in [-0.2, 0) is 0 Å². The first-order valence-corrected chi connectivity index (χ1v) is 6.87.